The van der Waals surface area contributed by atoms with Crippen molar-refractivity contribution in [2.45, 2.75) is 19.5 Å². The number of halogens is 2. The van der Waals surface area contributed by atoms with Crippen LogP contribution in [0, 0.1) is 23.0 Å². The average Bonchev–Trinajstić information content (AvgIpc) is 2.68. The molecule has 0 aliphatic carbocycles. The number of carbonyl (C=O) groups is 1. The lowest BCUT2D eigenvalue weighted by Crippen LogP contribution is -2.41. The van der Waals surface area contributed by atoms with Crippen LogP contribution in [0.25, 0.3) is 10.9 Å². The molecule has 0 bridgehead atoms. The molecule has 9 nitrogen and oxygen atoms in total. The SMILES string of the molecule is C[C@H](NC(=O)Cn1c(=O)[nH]c2ccc(F)c(F)c2c1=O)c1ccc(C#N)nn1. The first-order valence-corrected chi connectivity index (χ1v) is 7.95. The van der Waals surface area contributed by atoms with E-state index in [0.29, 0.717) is 10.3 Å². The third-order valence-corrected chi connectivity index (χ3v) is 3.96. The zero-order valence-electron chi connectivity index (χ0n) is 14.4. The summed E-state index contributed by atoms with van der Waals surface area (Å²) in [5, 5.41) is 18.0. The van der Waals surface area contributed by atoms with E-state index in [1.165, 1.54) is 12.1 Å². The van der Waals surface area contributed by atoms with E-state index in [1.54, 1.807) is 6.92 Å². The summed E-state index contributed by atoms with van der Waals surface area (Å²) >= 11 is 0. The fourth-order valence-corrected chi connectivity index (χ4v) is 2.56. The Hall–Kier alpha value is -3.94. The summed E-state index contributed by atoms with van der Waals surface area (Å²) in [5.41, 5.74) is -1.79. The predicted octanol–water partition coefficient (Wildman–Crippen LogP) is 0.507. The first kappa shape index (κ1) is 18.8. The molecule has 3 aromatic rings. The molecule has 0 unspecified atom stereocenters. The van der Waals surface area contributed by atoms with Crippen molar-refractivity contribution >= 4 is 16.8 Å². The van der Waals surface area contributed by atoms with Gasteiger partial charge in [-0.05, 0) is 31.2 Å². The van der Waals surface area contributed by atoms with Crippen molar-refractivity contribution in [2.75, 3.05) is 0 Å². The summed E-state index contributed by atoms with van der Waals surface area (Å²) in [5.74, 6) is -3.39. The second-order valence-electron chi connectivity index (χ2n) is 5.85. The highest BCUT2D eigenvalue weighted by molar-refractivity contribution is 5.79. The summed E-state index contributed by atoms with van der Waals surface area (Å²) in [7, 11) is 0. The van der Waals surface area contributed by atoms with Gasteiger partial charge < -0.3 is 10.3 Å². The molecular formula is C17H12F2N6O3. The number of aromatic nitrogens is 4. The first-order chi connectivity index (χ1) is 13.3. The largest absolute Gasteiger partial charge is 0.346 e. The van der Waals surface area contributed by atoms with Crippen molar-refractivity contribution in [3.8, 4) is 6.07 Å². The van der Waals surface area contributed by atoms with Gasteiger partial charge in [-0.1, -0.05) is 0 Å². The number of nitrogens with one attached hydrogen (secondary N) is 2. The Labute approximate surface area is 155 Å². The number of hydrogen-bond donors (Lipinski definition) is 2. The molecule has 1 amide bonds. The van der Waals surface area contributed by atoms with E-state index < -0.39 is 46.8 Å². The Morgan fingerprint density at radius 1 is 1.29 bits per heavy atom. The fraction of sp³-hybridized carbons (Fsp3) is 0.176. The van der Waals surface area contributed by atoms with Gasteiger partial charge in [-0.25, -0.2) is 13.6 Å². The molecule has 2 N–H and O–H groups in total. The zero-order chi connectivity index (χ0) is 20.4. The van der Waals surface area contributed by atoms with Gasteiger partial charge in [-0.2, -0.15) is 10.4 Å². The molecule has 0 fully saturated rings. The molecule has 0 saturated carbocycles. The number of rotatable bonds is 4. The number of carbonyl (C=O) groups excluding carboxylic acids is 1. The van der Waals surface area contributed by atoms with Crippen molar-refractivity contribution in [3.05, 3.63) is 68.1 Å². The highest BCUT2D eigenvalue weighted by atomic mass is 19.2. The van der Waals surface area contributed by atoms with Crippen LogP contribution >= 0.6 is 0 Å². The maximum atomic E-state index is 14.0. The van der Waals surface area contributed by atoms with Gasteiger partial charge in [0.2, 0.25) is 5.91 Å². The summed E-state index contributed by atoms with van der Waals surface area (Å²) < 4.78 is 27.8. The van der Waals surface area contributed by atoms with Crippen LogP contribution in [0.3, 0.4) is 0 Å². The molecule has 2 aromatic heterocycles. The third kappa shape index (κ3) is 3.48. The van der Waals surface area contributed by atoms with Crippen molar-refractivity contribution < 1.29 is 13.6 Å². The van der Waals surface area contributed by atoms with Gasteiger partial charge in [0.25, 0.3) is 5.56 Å². The Morgan fingerprint density at radius 3 is 2.68 bits per heavy atom. The lowest BCUT2D eigenvalue weighted by atomic mass is 10.2. The average molecular weight is 386 g/mol. The van der Waals surface area contributed by atoms with Crippen LogP contribution in [0.15, 0.2) is 33.9 Å². The van der Waals surface area contributed by atoms with Crippen molar-refractivity contribution in [1.29, 1.82) is 5.26 Å². The van der Waals surface area contributed by atoms with E-state index in [2.05, 4.69) is 20.5 Å². The monoisotopic (exact) mass is 386 g/mol. The van der Waals surface area contributed by atoms with Crippen LogP contribution in [-0.2, 0) is 11.3 Å². The van der Waals surface area contributed by atoms with E-state index >= 15 is 0 Å². The minimum atomic E-state index is -1.41. The Bertz CT molecular complexity index is 1230. The van der Waals surface area contributed by atoms with Gasteiger partial charge in [0, 0.05) is 0 Å². The minimum absolute atomic E-state index is 0.103. The molecule has 0 radical (unpaired) electrons. The van der Waals surface area contributed by atoms with Crippen molar-refractivity contribution in [2.24, 2.45) is 0 Å². The van der Waals surface area contributed by atoms with E-state index in [1.807, 2.05) is 6.07 Å². The first-order valence-electron chi connectivity index (χ1n) is 7.95. The molecule has 0 aliphatic rings. The van der Waals surface area contributed by atoms with Gasteiger partial charge >= 0.3 is 5.69 Å². The molecule has 2 heterocycles. The van der Waals surface area contributed by atoms with Crippen molar-refractivity contribution in [3.63, 3.8) is 0 Å². The summed E-state index contributed by atoms with van der Waals surface area (Å²) in [6.45, 7) is 0.866. The van der Waals surface area contributed by atoms with E-state index in [0.717, 1.165) is 12.1 Å². The minimum Gasteiger partial charge on any atom is -0.346 e. The van der Waals surface area contributed by atoms with Crippen molar-refractivity contribution in [1.82, 2.24) is 25.1 Å². The number of H-pyrrole nitrogens is 1. The normalized spacial score (nSPS) is 11.8. The van der Waals surface area contributed by atoms with Crippen LogP contribution in [0.5, 0.6) is 0 Å². The topological polar surface area (TPSA) is 134 Å². The summed E-state index contributed by atoms with van der Waals surface area (Å²) in [6, 6.07) is 5.92. The van der Waals surface area contributed by atoms with Crippen LogP contribution in [0.2, 0.25) is 0 Å². The second-order valence-corrected chi connectivity index (χ2v) is 5.85. The standard InChI is InChI=1S/C17H12F2N6O3/c1-8(11-4-2-9(6-20)23-24-11)21-13(26)7-25-16(27)14-12(22-17(25)28)5-3-10(18)15(14)19/h2-5,8H,7H2,1H3,(H,21,26)(H,22,28)/t8-/m0/s1. The molecular weight excluding hydrogens is 374 g/mol. The molecule has 142 valence electrons. The molecule has 0 spiro atoms. The molecule has 28 heavy (non-hydrogen) atoms. The fourth-order valence-electron chi connectivity index (χ4n) is 2.56. The van der Waals surface area contributed by atoms with Gasteiger partial charge in [-0.3, -0.25) is 14.2 Å². The molecule has 3 rings (SSSR count). The summed E-state index contributed by atoms with van der Waals surface area (Å²) in [6.07, 6.45) is 0. The van der Waals surface area contributed by atoms with Gasteiger partial charge in [-0.15, -0.1) is 5.10 Å². The Kier molecular flexibility index (Phi) is 4.95. The molecule has 0 aliphatic heterocycles. The maximum Gasteiger partial charge on any atom is 0.329 e. The van der Waals surface area contributed by atoms with Gasteiger partial charge in [0.1, 0.15) is 18.0 Å². The Morgan fingerprint density at radius 2 is 2.04 bits per heavy atom. The second kappa shape index (κ2) is 7.36. The zero-order valence-corrected chi connectivity index (χ0v) is 14.4. The number of hydrogen-bond acceptors (Lipinski definition) is 6. The van der Waals surface area contributed by atoms with Crippen LogP contribution < -0.4 is 16.6 Å². The predicted molar refractivity (Wildman–Crippen MR) is 92.0 cm³/mol. The number of nitrogens with zero attached hydrogens (tertiary/aromatic N) is 4. The highest BCUT2D eigenvalue weighted by Gasteiger charge is 2.18. The molecule has 0 saturated heterocycles. The van der Waals surface area contributed by atoms with Gasteiger partial charge in [0.15, 0.2) is 17.3 Å². The number of amides is 1. The lowest BCUT2D eigenvalue weighted by Gasteiger charge is -2.13. The molecule has 1 atom stereocenters. The van der Waals surface area contributed by atoms with Crippen LogP contribution in [0.4, 0.5) is 8.78 Å². The maximum absolute atomic E-state index is 14.0. The van der Waals surface area contributed by atoms with Gasteiger partial charge in [0.05, 0.1) is 17.3 Å². The van der Waals surface area contributed by atoms with Crippen LogP contribution in [-0.4, -0.2) is 25.7 Å². The summed E-state index contributed by atoms with van der Waals surface area (Å²) in [4.78, 5) is 38.9. The highest BCUT2D eigenvalue weighted by Crippen LogP contribution is 2.14. The molecule has 11 heteroatoms. The number of aromatic amines is 1. The number of nitriles is 1. The number of benzene rings is 1. The smallest absolute Gasteiger partial charge is 0.329 e. The number of fused-ring (bicyclic) bond motifs is 1. The van der Waals surface area contributed by atoms with Crippen LogP contribution in [0.1, 0.15) is 24.4 Å². The van der Waals surface area contributed by atoms with E-state index in [4.69, 9.17) is 5.26 Å². The lowest BCUT2D eigenvalue weighted by molar-refractivity contribution is -0.122. The quantitative estimate of drug-likeness (QED) is 0.671. The Balaban J connectivity index is 1.86. The van der Waals surface area contributed by atoms with E-state index in [-0.39, 0.29) is 11.2 Å². The molecule has 1 aromatic carbocycles. The third-order valence-electron chi connectivity index (χ3n) is 3.96. The van der Waals surface area contributed by atoms with E-state index in [9.17, 15) is 23.2 Å².